The van der Waals surface area contributed by atoms with Crippen LogP contribution in [0.25, 0.3) is 11.4 Å². The molecular formula is C15H16Br2FN3. The molecule has 6 heteroatoms. The van der Waals surface area contributed by atoms with Crippen LogP contribution in [0.2, 0.25) is 0 Å². The van der Waals surface area contributed by atoms with E-state index in [0.717, 1.165) is 27.0 Å². The molecule has 2 rings (SSSR count). The second-order valence-corrected chi connectivity index (χ2v) is 6.55. The summed E-state index contributed by atoms with van der Waals surface area (Å²) >= 11 is 6.98. The molecule has 21 heavy (non-hydrogen) atoms. The fourth-order valence-electron chi connectivity index (χ4n) is 1.92. The maximum atomic E-state index is 13.5. The molecule has 0 aliphatic carbocycles. The highest BCUT2D eigenvalue weighted by atomic mass is 79.9. The molecule has 0 atom stereocenters. The zero-order chi connectivity index (χ0) is 15.6. The van der Waals surface area contributed by atoms with Gasteiger partial charge in [0.2, 0.25) is 0 Å². The highest BCUT2D eigenvalue weighted by Crippen LogP contribution is 2.33. The molecule has 0 unspecified atom stereocenters. The summed E-state index contributed by atoms with van der Waals surface area (Å²) in [6.45, 7) is 6.87. The van der Waals surface area contributed by atoms with Gasteiger partial charge >= 0.3 is 0 Å². The van der Waals surface area contributed by atoms with Gasteiger partial charge in [-0.2, -0.15) is 0 Å². The Bertz CT molecular complexity index is 660. The molecule has 0 radical (unpaired) electrons. The normalized spacial score (nSPS) is 11.0. The smallest absolute Gasteiger partial charge is 0.163 e. The topological polar surface area (TPSA) is 37.8 Å². The quantitative estimate of drug-likeness (QED) is 0.728. The van der Waals surface area contributed by atoms with Gasteiger partial charge < -0.3 is 5.32 Å². The van der Waals surface area contributed by atoms with E-state index >= 15 is 0 Å². The van der Waals surface area contributed by atoms with Gasteiger partial charge in [-0.25, -0.2) is 14.4 Å². The van der Waals surface area contributed by atoms with Crippen LogP contribution >= 0.6 is 31.9 Å². The molecule has 1 heterocycles. The van der Waals surface area contributed by atoms with E-state index in [2.05, 4.69) is 61.0 Å². The van der Waals surface area contributed by atoms with E-state index in [4.69, 9.17) is 0 Å². The fourth-order valence-corrected chi connectivity index (χ4v) is 3.12. The molecule has 0 fully saturated rings. The Balaban J connectivity index is 2.65. The minimum Gasteiger partial charge on any atom is -0.369 e. The van der Waals surface area contributed by atoms with E-state index in [1.54, 1.807) is 6.07 Å². The zero-order valence-corrected chi connectivity index (χ0v) is 15.2. The lowest BCUT2D eigenvalue weighted by molar-refractivity contribution is 0.628. The second-order valence-electron chi connectivity index (χ2n) is 4.90. The van der Waals surface area contributed by atoms with Crippen LogP contribution in [0.5, 0.6) is 0 Å². The number of nitrogens with zero attached hydrogens (tertiary/aromatic N) is 2. The fraction of sp³-hybridized carbons (Fsp3) is 0.333. The highest BCUT2D eigenvalue weighted by Gasteiger charge is 2.17. The van der Waals surface area contributed by atoms with Gasteiger partial charge in [-0.15, -0.1) is 0 Å². The van der Waals surface area contributed by atoms with Crippen molar-refractivity contribution in [1.82, 2.24) is 9.97 Å². The molecule has 2 aromatic rings. The first kappa shape index (κ1) is 16.4. The number of hydrogen-bond donors (Lipinski definition) is 1. The Morgan fingerprint density at radius 3 is 2.57 bits per heavy atom. The standard InChI is InChI=1S/C15H16Br2FN3/c1-4-19-15-12(17)13(8(2)3)20-14(21-15)10-7-9(18)5-6-11(10)16/h5-8H,4H2,1-3H3,(H,19,20,21). The average Bonchev–Trinajstić information content (AvgIpc) is 2.43. The molecule has 0 saturated heterocycles. The van der Waals surface area contributed by atoms with Crippen LogP contribution in [-0.4, -0.2) is 16.5 Å². The average molecular weight is 417 g/mol. The maximum Gasteiger partial charge on any atom is 0.163 e. The van der Waals surface area contributed by atoms with Crippen LogP contribution in [0, 0.1) is 5.82 Å². The number of benzene rings is 1. The summed E-state index contributed by atoms with van der Waals surface area (Å²) in [6.07, 6.45) is 0. The summed E-state index contributed by atoms with van der Waals surface area (Å²) in [6, 6.07) is 4.51. The summed E-state index contributed by atoms with van der Waals surface area (Å²) in [5, 5.41) is 3.21. The molecule has 0 amide bonds. The minimum atomic E-state index is -0.309. The van der Waals surface area contributed by atoms with Crippen molar-refractivity contribution in [3.05, 3.63) is 38.7 Å². The Hall–Kier alpha value is -1.01. The van der Waals surface area contributed by atoms with Crippen molar-refractivity contribution in [2.45, 2.75) is 26.7 Å². The van der Waals surface area contributed by atoms with E-state index in [1.165, 1.54) is 12.1 Å². The largest absolute Gasteiger partial charge is 0.369 e. The zero-order valence-electron chi connectivity index (χ0n) is 12.0. The first-order valence-corrected chi connectivity index (χ1v) is 8.29. The Morgan fingerprint density at radius 2 is 1.95 bits per heavy atom. The first-order valence-electron chi connectivity index (χ1n) is 6.70. The number of nitrogens with one attached hydrogen (secondary N) is 1. The lowest BCUT2D eigenvalue weighted by atomic mass is 10.1. The van der Waals surface area contributed by atoms with Crippen molar-refractivity contribution in [3.8, 4) is 11.4 Å². The van der Waals surface area contributed by atoms with Gasteiger partial charge in [-0.1, -0.05) is 29.8 Å². The molecule has 3 nitrogen and oxygen atoms in total. The van der Waals surface area contributed by atoms with Gasteiger partial charge in [0.05, 0.1) is 10.2 Å². The van der Waals surface area contributed by atoms with Crippen LogP contribution < -0.4 is 5.32 Å². The van der Waals surface area contributed by atoms with Gasteiger partial charge in [0, 0.05) is 16.6 Å². The lowest BCUT2D eigenvalue weighted by Gasteiger charge is -2.15. The Morgan fingerprint density at radius 1 is 1.24 bits per heavy atom. The first-order chi connectivity index (χ1) is 9.93. The van der Waals surface area contributed by atoms with Crippen molar-refractivity contribution < 1.29 is 4.39 Å². The third kappa shape index (κ3) is 3.61. The van der Waals surface area contributed by atoms with E-state index in [1.807, 2.05) is 6.92 Å². The number of hydrogen-bond acceptors (Lipinski definition) is 3. The van der Waals surface area contributed by atoms with Gasteiger partial charge in [-0.05, 0) is 47.0 Å². The second kappa shape index (κ2) is 6.83. The molecule has 0 saturated carbocycles. The van der Waals surface area contributed by atoms with E-state index in [-0.39, 0.29) is 11.7 Å². The van der Waals surface area contributed by atoms with Gasteiger partial charge in [0.25, 0.3) is 0 Å². The number of rotatable bonds is 4. The van der Waals surface area contributed by atoms with Gasteiger partial charge in [-0.3, -0.25) is 0 Å². The molecule has 0 aliphatic heterocycles. The van der Waals surface area contributed by atoms with E-state index < -0.39 is 0 Å². The summed E-state index contributed by atoms with van der Waals surface area (Å²) in [7, 11) is 0. The van der Waals surface area contributed by atoms with Crippen molar-refractivity contribution in [2.75, 3.05) is 11.9 Å². The monoisotopic (exact) mass is 415 g/mol. The predicted octanol–water partition coefficient (Wildman–Crippen LogP) is 5.36. The van der Waals surface area contributed by atoms with Crippen molar-refractivity contribution >= 4 is 37.7 Å². The SMILES string of the molecule is CCNc1nc(-c2cc(F)ccc2Br)nc(C(C)C)c1Br. The summed E-state index contributed by atoms with van der Waals surface area (Å²) < 4.78 is 15.1. The lowest BCUT2D eigenvalue weighted by Crippen LogP contribution is -2.07. The van der Waals surface area contributed by atoms with Crippen LogP contribution in [0.4, 0.5) is 10.2 Å². The van der Waals surface area contributed by atoms with Crippen molar-refractivity contribution in [3.63, 3.8) is 0 Å². The van der Waals surface area contributed by atoms with Crippen molar-refractivity contribution in [1.29, 1.82) is 0 Å². The summed E-state index contributed by atoms with van der Waals surface area (Å²) in [4.78, 5) is 9.10. The van der Waals surface area contributed by atoms with E-state index in [9.17, 15) is 4.39 Å². The van der Waals surface area contributed by atoms with Crippen LogP contribution in [-0.2, 0) is 0 Å². The van der Waals surface area contributed by atoms with Crippen LogP contribution in [0.3, 0.4) is 0 Å². The minimum absolute atomic E-state index is 0.228. The van der Waals surface area contributed by atoms with Crippen LogP contribution in [0.1, 0.15) is 32.4 Å². The molecule has 1 aromatic carbocycles. The Kier molecular flexibility index (Phi) is 5.32. The molecule has 112 valence electrons. The third-order valence-electron chi connectivity index (χ3n) is 2.94. The Labute approximate surface area is 140 Å². The predicted molar refractivity (Wildman–Crippen MR) is 91.1 cm³/mol. The molecule has 1 aromatic heterocycles. The number of anilines is 1. The third-order valence-corrected chi connectivity index (χ3v) is 4.41. The molecule has 1 N–H and O–H groups in total. The van der Waals surface area contributed by atoms with Crippen molar-refractivity contribution in [2.24, 2.45) is 0 Å². The maximum absolute atomic E-state index is 13.5. The summed E-state index contributed by atoms with van der Waals surface area (Å²) in [5.41, 5.74) is 1.54. The molecule has 0 bridgehead atoms. The molecule has 0 aliphatic rings. The van der Waals surface area contributed by atoms with E-state index in [0.29, 0.717) is 11.4 Å². The highest BCUT2D eigenvalue weighted by molar-refractivity contribution is 9.11. The number of halogens is 3. The molecule has 0 spiro atoms. The van der Waals surface area contributed by atoms with Gasteiger partial charge in [0.15, 0.2) is 5.82 Å². The summed E-state index contributed by atoms with van der Waals surface area (Å²) in [5.74, 6) is 1.15. The van der Waals surface area contributed by atoms with Gasteiger partial charge in [0.1, 0.15) is 11.6 Å². The molecular weight excluding hydrogens is 401 g/mol. The number of aromatic nitrogens is 2. The van der Waals surface area contributed by atoms with Crippen LogP contribution in [0.15, 0.2) is 27.1 Å².